The van der Waals surface area contributed by atoms with E-state index in [9.17, 15) is 19.5 Å². The summed E-state index contributed by atoms with van der Waals surface area (Å²) in [5, 5.41) is 12.5. The second-order valence-corrected chi connectivity index (χ2v) is 9.91. The zero-order chi connectivity index (χ0) is 27.0. The highest BCUT2D eigenvalue weighted by Crippen LogP contribution is 2.44. The van der Waals surface area contributed by atoms with Crippen LogP contribution >= 0.6 is 0 Å². The van der Waals surface area contributed by atoms with Gasteiger partial charge in [-0.05, 0) is 61.4 Å². The summed E-state index contributed by atoms with van der Waals surface area (Å²) in [6.45, 7) is 5.77. The molecule has 5 rings (SSSR count). The molecule has 1 fully saturated rings. The third-order valence-corrected chi connectivity index (χ3v) is 7.56. The highest BCUT2D eigenvalue weighted by molar-refractivity contribution is 5.93. The van der Waals surface area contributed by atoms with Crippen LogP contribution in [0.4, 0.5) is 4.79 Å². The van der Waals surface area contributed by atoms with E-state index in [0.29, 0.717) is 17.2 Å². The van der Waals surface area contributed by atoms with Crippen molar-refractivity contribution >= 4 is 18.0 Å². The van der Waals surface area contributed by atoms with Crippen LogP contribution in [0.5, 0.6) is 0 Å². The number of benzene rings is 2. The van der Waals surface area contributed by atoms with Crippen molar-refractivity contribution in [2.45, 2.75) is 58.0 Å². The number of carbonyl (C=O) groups excluding carboxylic acids is 2. The van der Waals surface area contributed by atoms with Crippen molar-refractivity contribution in [3.8, 4) is 11.1 Å². The molecule has 0 saturated heterocycles. The molecule has 2 aliphatic carbocycles. The summed E-state index contributed by atoms with van der Waals surface area (Å²) in [6, 6.07) is 15.0. The number of carboxylic acid groups (broad SMARTS) is 1. The van der Waals surface area contributed by atoms with Gasteiger partial charge in [-0.1, -0.05) is 48.5 Å². The van der Waals surface area contributed by atoms with Gasteiger partial charge in [-0.25, -0.2) is 14.4 Å². The summed E-state index contributed by atoms with van der Waals surface area (Å²) < 4.78 is 12.9. The molecule has 2 aromatic carbocycles. The highest BCUT2D eigenvalue weighted by atomic mass is 16.5. The third-order valence-electron chi connectivity index (χ3n) is 7.56. The maximum absolute atomic E-state index is 12.8. The molecule has 1 amide bonds. The van der Waals surface area contributed by atoms with Gasteiger partial charge in [-0.15, -0.1) is 0 Å². The van der Waals surface area contributed by atoms with Crippen molar-refractivity contribution < 1.29 is 29.0 Å². The van der Waals surface area contributed by atoms with Crippen molar-refractivity contribution in [2.75, 3.05) is 13.2 Å². The molecule has 0 aliphatic heterocycles. The average Bonchev–Trinajstić information content (AvgIpc) is 3.63. The number of aromatic nitrogens is 1. The molecule has 1 saturated carbocycles. The monoisotopic (exact) mass is 516 g/mol. The molecule has 2 N–H and O–H groups in total. The number of hydrogen-bond acceptors (Lipinski definition) is 5. The van der Waals surface area contributed by atoms with Gasteiger partial charge in [0.05, 0.1) is 12.2 Å². The van der Waals surface area contributed by atoms with Crippen LogP contribution < -0.4 is 5.32 Å². The smallest absolute Gasteiger partial charge is 0.407 e. The normalized spacial score (nSPS) is 14.9. The first kappa shape index (κ1) is 25.6. The largest absolute Gasteiger partial charge is 0.480 e. The number of carbonyl (C=O) groups is 3. The first-order valence-electron chi connectivity index (χ1n) is 13.0. The van der Waals surface area contributed by atoms with Gasteiger partial charge in [0.15, 0.2) is 0 Å². The summed E-state index contributed by atoms with van der Waals surface area (Å²) in [7, 11) is 0. The van der Waals surface area contributed by atoms with E-state index in [1.54, 1.807) is 6.92 Å². The molecule has 0 spiro atoms. The number of nitrogens with one attached hydrogen (secondary N) is 1. The number of alkyl carbamates (subject to hydrolysis) is 1. The first-order chi connectivity index (χ1) is 18.3. The molecule has 2 aliphatic rings. The second kappa shape index (κ2) is 10.4. The fourth-order valence-corrected chi connectivity index (χ4v) is 5.71. The van der Waals surface area contributed by atoms with Gasteiger partial charge < -0.3 is 24.5 Å². The molecule has 1 atom stereocenters. The van der Waals surface area contributed by atoms with Crippen LogP contribution in [0.1, 0.15) is 70.2 Å². The van der Waals surface area contributed by atoms with Crippen LogP contribution in [-0.2, 0) is 20.7 Å². The Kier molecular flexibility index (Phi) is 6.97. The van der Waals surface area contributed by atoms with Gasteiger partial charge in [0.25, 0.3) is 0 Å². The summed E-state index contributed by atoms with van der Waals surface area (Å²) in [6.07, 6.45) is 1.16. The van der Waals surface area contributed by atoms with E-state index in [0.717, 1.165) is 46.5 Å². The average molecular weight is 517 g/mol. The van der Waals surface area contributed by atoms with Crippen molar-refractivity contribution in [1.29, 1.82) is 0 Å². The highest BCUT2D eigenvalue weighted by Gasteiger charge is 2.35. The van der Waals surface area contributed by atoms with Crippen molar-refractivity contribution in [1.82, 2.24) is 9.88 Å². The van der Waals surface area contributed by atoms with Gasteiger partial charge in [-0.3, -0.25) is 0 Å². The summed E-state index contributed by atoms with van der Waals surface area (Å²) >= 11 is 0. The predicted molar refractivity (Wildman–Crippen MR) is 141 cm³/mol. The number of carboxylic acids is 1. The molecule has 0 bridgehead atoms. The Balaban J connectivity index is 1.33. The van der Waals surface area contributed by atoms with Crippen molar-refractivity contribution in [3.63, 3.8) is 0 Å². The minimum Gasteiger partial charge on any atom is -0.480 e. The van der Waals surface area contributed by atoms with Gasteiger partial charge >= 0.3 is 18.0 Å². The number of nitrogens with zero attached hydrogens (tertiary/aromatic N) is 1. The predicted octanol–water partition coefficient (Wildman–Crippen LogP) is 5.15. The van der Waals surface area contributed by atoms with Crippen LogP contribution in [0.2, 0.25) is 0 Å². The topological polar surface area (TPSA) is 107 Å². The summed E-state index contributed by atoms with van der Waals surface area (Å²) in [4.78, 5) is 37.8. The Morgan fingerprint density at radius 3 is 2.13 bits per heavy atom. The maximum atomic E-state index is 12.8. The molecule has 198 valence electrons. The van der Waals surface area contributed by atoms with E-state index >= 15 is 0 Å². The van der Waals surface area contributed by atoms with Gasteiger partial charge in [-0.2, -0.15) is 0 Å². The van der Waals surface area contributed by atoms with E-state index in [2.05, 4.69) is 9.88 Å². The van der Waals surface area contributed by atoms with Gasteiger partial charge in [0.2, 0.25) is 0 Å². The quantitative estimate of drug-likeness (QED) is 0.381. The van der Waals surface area contributed by atoms with Gasteiger partial charge in [0, 0.05) is 29.8 Å². The molecule has 3 aromatic rings. The van der Waals surface area contributed by atoms with Crippen LogP contribution in [0.15, 0.2) is 48.5 Å². The van der Waals surface area contributed by atoms with E-state index in [4.69, 9.17) is 9.47 Å². The van der Waals surface area contributed by atoms with Crippen LogP contribution in [0, 0.1) is 13.8 Å². The number of aliphatic carboxylic acids is 1. The third kappa shape index (κ3) is 4.66. The zero-order valence-corrected chi connectivity index (χ0v) is 21.8. The number of hydrogen-bond donors (Lipinski definition) is 2. The molecule has 8 heteroatoms. The maximum Gasteiger partial charge on any atom is 0.407 e. The minimum absolute atomic E-state index is 0.0555. The molecule has 8 nitrogen and oxygen atoms in total. The van der Waals surface area contributed by atoms with Crippen LogP contribution in [-0.4, -0.2) is 47.0 Å². The molecular weight excluding hydrogens is 484 g/mol. The minimum atomic E-state index is -1.27. The lowest BCUT2D eigenvalue weighted by molar-refractivity contribution is -0.139. The SMILES string of the molecule is CCOC(=O)c1c(CC(NC(=O)OCC2c3ccccc3-c3ccccc32)C(=O)O)c(C)n(C2CC2)c1C. The number of ether oxygens (including phenoxy) is 2. The van der Waals surface area contributed by atoms with Gasteiger partial charge in [0.1, 0.15) is 12.6 Å². The fourth-order valence-electron chi connectivity index (χ4n) is 5.71. The Labute approximate surface area is 221 Å². The van der Waals surface area contributed by atoms with Crippen LogP contribution in [0.25, 0.3) is 11.1 Å². The van der Waals surface area contributed by atoms with E-state index < -0.39 is 24.1 Å². The molecule has 0 radical (unpaired) electrons. The Hall–Kier alpha value is -4.07. The van der Waals surface area contributed by atoms with E-state index in [1.807, 2.05) is 62.4 Å². The molecule has 1 unspecified atom stereocenters. The second-order valence-electron chi connectivity index (χ2n) is 9.91. The molecular formula is C30H32N2O6. The lowest BCUT2D eigenvalue weighted by Gasteiger charge is -2.18. The van der Waals surface area contributed by atoms with Crippen molar-refractivity contribution in [2.24, 2.45) is 0 Å². The molecule has 1 aromatic heterocycles. The number of amides is 1. The lowest BCUT2D eigenvalue weighted by atomic mass is 9.98. The molecule has 1 heterocycles. The number of esters is 1. The van der Waals surface area contributed by atoms with E-state index in [1.165, 1.54) is 0 Å². The Bertz CT molecular complexity index is 1360. The Morgan fingerprint density at radius 2 is 1.58 bits per heavy atom. The standard InChI is InChI=1S/C30H32N2O6/c1-4-37-29(35)27-18(3)32(19-13-14-19)17(2)24(27)15-26(28(33)34)31-30(36)38-16-25-22-11-7-5-9-20(22)21-10-6-8-12-23(21)25/h5-12,19,25-26H,4,13-16H2,1-3H3,(H,31,36)(H,33,34). The Morgan fingerprint density at radius 1 is 0.974 bits per heavy atom. The number of fused-ring (bicyclic) bond motifs is 3. The van der Waals surface area contributed by atoms with Crippen LogP contribution in [0.3, 0.4) is 0 Å². The summed E-state index contributed by atoms with van der Waals surface area (Å²) in [5.74, 6) is -1.82. The molecule has 38 heavy (non-hydrogen) atoms. The van der Waals surface area contributed by atoms with E-state index in [-0.39, 0.29) is 25.6 Å². The zero-order valence-electron chi connectivity index (χ0n) is 21.8. The fraction of sp³-hybridized carbons (Fsp3) is 0.367. The van der Waals surface area contributed by atoms with Crippen molar-refractivity contribution in [3.05, 3.63) is 82.2 Å². The number of rotatable bonds is 9. The summed E-state index contributed by atoms with van der Waals surface area (Å²) in [5.41, 5.74) is 6.93. The first-order valence-corrected chi connectivity index (χ1v) is 13.0. The lowest BCUT2D eigenvalue weighted by Crippen LogP contribution is -2.43.